The van der Waals surface area contributed by atoms with Gasteiger partial charge in [-0.25, -0.2) is 8.78 Å². The van der Waals surface area contributed by atoms with E-state index < -0.39 is 11.6 Å². The van der Waals surface area contributed by atoms with Crippen molar-refractivity contribution in [3.05, 3.63) is 41.5 Å². The van der Waals surface area contributed by atoms with Crippen molar-refractivity contribution >= 4 is 0 Å². The first-order valence-corrected chi connectivity index (χ1v) is 8.14. The van der Waals surface area contributed by atoms with Gasteiger partial charge in [-0.2, -0.15) is 0 Å². The van der Waals surface area contributed by atoms with Crippen LogP contribution >= 0.6 is 0 Å². The van der Waals surface area contributed by atoms with Crippen LogP contribution in [0.15, 0.2) is 18.5 Å². The lowest BCUT2D eigenvalue weighted by atomic mass is 9.93. The molecule has 0 amide bonds. The van der Waals surface area contributed by atoms with Crippen molar-refractivity contribution in [2.75, 3.05) is 20.2 Å². The Balaban J connectivity index is 1.60. The molecule has 0 spiro atoms. The molecule has 0 N–H and O–H groups in total. The Hall–Kier alpha value is -2.02. The summed E-state index contributed by atoms with van der Waals surface area (Å²) in [7, 11) is 3.42. The van der Waals surface area contributed by atoms with Gasteiger partial charge >= 0.3 is 0 Å². The van der Waals surface area contributed by atoms with Crippen molar-refractivity contribution < 1.29 is 13.5 Å². The number of ether oxygens (including phenoxy) is 1. The van der Waals surface area contributed by atoms with E-state index >= 15 is 0 Å². The van der Waals surface area contributed by atoms with E-state index in [1.54, 1.807) is 6.33 Å². The molecule has 5 nitrogen and oxygen atoms in total. The van der Waals surface area contributed by atoms with Crippen molar-refractivity contribution in [3.63, 3.8) is 0 Å². The van der Waals surface area contributed by atoms with Crippen LogP contribution in [0.25, 0.3) is 0 Å². The molecular formula is C17H22F2N4O. The zero-order chi connectivity index (χ0) is 17.1. The molecule has 0 atom stereocenters. The first kappa shape index (κ1) is 16.8. The number of benzene rings is 1. The van der Waals surface area contributed by atoms with Crippen molar-refractivity contribution in [2.45, 2.75) is 25.8 Å². The molecule has 1 aromatic heterocycles. The fourth-order valence-electron chi connectivity index (χ4n) is 3.24. The van der Waals surface area contributed by atoms with Crippen molar-refractivity contribution in [1.82, 2.24) is 19.7 Å². The van der Waals surface area contributed by atoms with Crippen molar-refractivity contribution in [3.8, 4) is 5.75 Å². The average molecular weight is 336 g/mol. The summed E-state index contributed by atoms with van der Waals surface area (Å²) in [4.78, 5) is 2.15. The summed E-state index contributed by atoms with van der Waals surface area (Å²) in [5, 5.41) is 8.04. The zero-order valence-corrected chi connectivity index (χ0v) is 14.0. The number of rotatable bonds is 5. The molecule has 2 aromatic rings. The summed E-state index contributed by atoms with van der Waals surface area (Å²) in [6.45, 7) is 2.06. The number of hydrogen-bond donors (Lipinski definition) is 0. The van der Waals surface area contributed by atoms with Crippen LogP contribution in [-0.4, -0.2) is 39.9 Å². The third-order valence-corrected chi connectivity index (χ3v) is 4.74. The molecule has 1 fully saturated rings. The summed E-state index contributed by atoms with van der Waals surface area (Å²) in [5.41, 5.74) is 0.296. The van der Waals surface area contributed by atoms with E-state index in [9.17, 15) is 8.78 Å². The number of likely N-dealkylation sites (tertiary alicyclic amines) is 1. The van der Waals surface area contributed by atoms with Gasteiger partial charge in [-0.05, 0) is 44.0 Å². The van der Waals surface area contributed by atoms with Crippen LogP contribution < -0.4 is 4.74 Å². The van der Waals surface area contributed by atoms with Crippen LogP contribution in [0.1, 0.15) is 24.2 Å². The molecule has 130 valence electrons. The van der Waals surface area contributed by atoms with Gasteiger partial charge in [0.25, 0.3) is 0 Å². The monoisotopic (exact) mass is 336 g/mol. The summed E-state index contributed by atoms with van der Waals surface area (Å²) < 4.78 is 34.7. The van der Waals surface area contributed by atoms with E-state index in [0.29, 0.717) is 23.8 Å². The minimum absolute atomic E-state index is 0.296. The Kier molecular flexibility index (Phi) is 5.08. The summed E-state index contributed by atoms with van der Waals surface area (Å²) in [6, 6.07) is 2.58. The molecule has 0 bridgehead atoms. The molecular weight excluding hydrogens is 314 g/mol. The number of piperidine rings is 1. The van der Waals surface area contributed by atoms with Crippen molar-refractivity contribution in [2.24, 2.45) is 13.0 Å². The molecule has 1 aliphatic rings. The molecule has 0 saturated carbocycles. The standard InChI is InChI=1S/C17H22F2N4O/c1-22-11-20-21-16(22)9-12-5-7-23(8-6-12)10-13-15(24-2)4-3-14(18)17(13)19/h3-4,11-12H,5-10H2,1-2H3. The van der Waals surface area contributed by atoms with Crippen LogP contribution in [0.2, 0.25) is 0 Å². The van der Waals surface area contributed by atoms with Gasteiger partial charge in [-0.15, -0.1) is 10.2 Å². The lowest BCUT2D eigenvalue weighted by Gasteiger charge is -2.32. The second-order valence-electron chi connectivity index (χ2n) is 6.32. The van der Waals surface area contributed by atoms with Gasteiger partial charge in [0.2, 0.25) is 0 Å². The molecule has 1 saturated heterocycles. The highest BCUT2D eigenvalue weighted by Crippen LogP contribution is 2.28. The summed E-state index contributed by atoms with van der Waals surface area (Å²) in [6.07, 6.45) is 4.63. The minimum Gasteiger partial charge on any atom is -0.496 e. The van der Waals surface area contributed by atoms with Gasteiger partial charge in [0.1, 0.15) is 17.9 Å². The molecule has 0 aliphatic carbocycles. The number of aromatic nitrogens is 3. The maximum atomic E-state index is 14.1. The fraction of sp³-hybridized carbons (Fsp3) is 0.529. The average Bonchev–Trinajstić information content (AvgIpc) is 2.99. The van der Waals surface area contributed by atoms with E-state index in [4.69, 9.17) is 4.74 Å². The molecule has 0 radical (unpaired) electrons. The Labute approximate surface area is 140 Å². The van der Waals surface area contributed by atoms with Crippen LogP contribution in [0.4, 0.5) is 8.78 Å². The van der Waals surface area contributed by atoms with E-state index in [2.05, 4.69) is 15.1 Å². The number of hydrogen-bond acceptors (Lipinski definition) is 4. The smallest absolute Gasteiger partial charge is 0.167 e. The second kappa shape index (κ2) is 7.25. The highest BCUT2D eigenvalue weighted by atomic mass is 19.2. The third kappa shape index (κ3) is 3.56. The third-order valence-electron chi connectivity index (χ3n) is 4.74. The second-order valence-corrected chi connectivity index (χ2v) is 6.32. The topological polar surface area (TPSA) is 43.2 Å². The van der Waals surface area contributed by atoms with Gasteiger partial charge in [0, 0.05) is 25.6 Å². The van der Waals surface area contributed by atoms with Crippen LogP contribution in [-0.2, 0) is 20.0 Å². The lowest BCUT2D eigenvalue weighted by Crippen LogP contribution is -2.34. The first-order valence-electron chi connectivity index (χ1n) is 8.14. The van der Waals surface area contributed by atoms with E-state index in [1.807, 2.05) is 11.6 Å². The predicted molar refractivity (Wildman–Crippen MR) is 85.6 cm³/mol. The minimum atomic E-state index is -0.831. The Morgan fingerprint density at radius 3 is 2.62 bits per heavy atom. The van der Waals surface area contributed by atoms with Crippen LogP contribution in [0.5, 0.6) is 5.75 Å². The van der Waals surface area contributed by atoms with E-state index in [1.165, 1.54) is 13.2 Å². The normalized spacial score (nSPS) is 16.5. The molecule has 24 heavy (non-hydrogen) atoms. The molecule has 3 rings (SSSR count). The number of aryl methyl sites for hydroxylation is 1. The number of methoxy groups -OCH3 is 1. The molecule has 1 aromatic carbocycles. The number of nitrogens with zero attached hydrogens (tertiary/aromatic N) is 4. The van der Waals surface area contributed by atoms with Gasteiger partial charge in [-0.1, -0.05) is 0 Å². The number of halogens is 2. The van der Waals surface area contributed by atoms with Crippen molar-refractivity contribution in [1.29, 1.82) is 0 Å². The molecule has 7 heteroatoms. The predicted octanol–water partition coefficient (Wildman–Crippen LogP) is 2.56. The summed E-state index contributed by atoms with van der Waals surface area (Å²) in [5.74, 6) is 0.295. The quantitative estimate of drug-likeness (QED) is 0.842. The van der Waals surface area contributed by atoms with Crippen LogP contribution in [0, 0.1) is 17.6 Å². The van der Waals surface area contributed by atoms with Gasteiger partial charge < -0.3 is 9.30 Å². The van der Waals surface area contributed by atoms with Crippen LogP contribution in [0.3, 0.4) is 0 Å². The van der Waals surface area contributed by atoms with Gasteiger partial charge in [0.05, 0.1) is 7.11 Å². The first-order chi connectivity index (χ1) is 11.6. The van der Waals surface area contributed by atoms with Gasteiger partial charge in [0.15, 0.2) is 11.6 Å². The van der Waals surface area contributed by atoms with E-state index in [-0.39, 0.29) is 0 Å². The molecule has 0 unspecified atom stereocenters. The zero-order valence-electron chi connectivity index (χ0n) is 14.0. The highest BCUT2D eigenvalue weighted by Gasteiger charge is 2.23. The SMILES string of the molecule is COc1ccc(F)c(F)c1CN1CCC(Cc2nncn2C)CC1. The highest BCUT2D eigenvalue weighted by molar-refractivity contribution is 5.35. The molecule has 2 heterocycles. The van der Waals surface area contributed by atoms with E-state index in [0.717, 1.165) is 44.2 Å². The Morgan fingerprint density at radius 2 is 2.00 bits per heavy atom. The lowest BCUT2D eigenvalue weighted by molar-refractivity contribution is 0.171. The molecule has 1 aliphatic heterocycles. The van der Waals surface area contributed by atoms with Gasteiger partial charge in [-0.3, -0.25) is 4.90 Å². The Morgan fingerprint density at radius 1 is 1.25 bits per heavy atom. The fourth-order valence-corrected chi connectivity index (χ4v) is 3.24. The maximum Gasteiger partial charge on any atom is 0.167 e. The Bertz CT molecular complexity index is 696. The summed E-state index contributed by atoms with van der Waals surface area (Å²) >= 11 is 0. The maximum absolute atomic E-state index is 14.1. The largest absolute Gasteiger partial charge is 0.496 e.